The molecule has 1 saturated heterocycles. The molecule has 1 aliphatic rings. The lowest BCUT2D eigenvalue weighted by Gasteiger charge is -2.29. The first kappa shape index (κ1) is 14.7. The van der Waals surface area contributed by atoms with E-state index in [4.69, 9.17) is 9.47 Å². The minimum Gasteiger partial charge on any atom is -0.494 e. The summed E-state index contributed by atoms with van der Waals surface area (Å²) in [7, 11) is 0. The molecule has 1 fully saturated rings. The van der Waals surface area contributed by atoms with Crippen LogP contribution in [0.3, 0.4) is 0 Å². The molecule has 0 aliphatic carbocycles. The number of hydrogen-bond donors (Lipinski definition) is 1. The third-order valence-corrected chi connectivity index (χ3v) is 3.21. The van der Waals surface area contributed by atoms with E-state index in [9.17, 15) is 4.79 Å². The lowest BCUT2D eigenvalue weighted by atomic mass is 10.2. The van der Waals surface area contributed by atoms with Gasteiger partial charge in [0.05, 0.1) is 6.61 Å². The molecular formula is C15H22N2O3. The Morgan fingerprint density at radius 1 is 1.35 bits per heavy atom. The number of benzene rings is 1. The average Bonchev–Trinajstić information content (AvgIpc) is 2.48. The molecule has 1 aromatic rings. The molecule has 0 saturated carbocycles. The fourth-order valence-corrected chi connectivity index (χ4v) is 2.20. The maximum absolute atomic E-state index is 12.3. The molecule has 1 aromatic carbocycles. The van der Waals surface area contributed by atoms with Gasteiger partial charge in [-0.05, 0) is 26.0 Å². The molecule has 1 unspecified atom stereocenters. The Balaban J connectivity index is 1.94. The van der Waals surface area contributed by atoms with Crippen LogP contribution in [0.5, 0.6) is 11.5 Å². The van der Waals surface area contributed by atoms with E-state index in [0.29, 0.717) is 12.4 Å². The summed E-state index contributed by atoms with van der Waals surface area (Å²) in [5.41, 5.74) is 0. The van der Waals surface area contributed by atoms with Gasteiger partial charge in [0.2, 0.25) is 0 Å². The first-order chi connectivity index (χ1) is 9.70. The Morgan fingerprint density at radius 3 is 2.75 bits per heavy atom. The van der Waals surface area contributed by atoms with E-state index in [2.05, 4.69) is 5.32 Å². The second-order valence-electron chi connectivity index (χ2n) is 4.74. The van der Waals surface area contributed by atoms with Crippen molar-refractivity contribution in [1.82, 2.24) is 10.2 Å². The van der Waals surface area contributed by atoms with Crippen LogP contribution < -0.4 is 14.8 Å². The SMILES string of the molecule is CCOc1cccc(OC(C)C(=O)N2CCNCC2)c1. The van der Waals surface area contributed by atoms with Gasteiger partial charge in [0, 0.05) is 32.2 Å². The fourth-order valence-electron chi connectivity index (χ4n) is 2.20. The standard InChI is InChI=1S/C15H22N2O3/c1-3-19-13-5-4-6-14(11-13)20-12(2)15(18)17-9-7-16-8-10-17/h4-6,11-12,16H,3,7-10H2,1-2H3. The number of nitrogens with one attached hydrogen (secondary N) is 1. The summed E-state index contributed by atoms with van der Waals surface area (Å²) in [6, 6.07) is 7.39. The summed E-state index contributed by atoms with van der Waals surface area (Å²) in [6.07, 6.45) is -0.482. The van der Waals surface area contributed by atoms with Crippen molar-refractivity contribution < 1.29 is 14.3 Å². The van der Waals surface area contributed by atoms with Crippen molar-refractivity contribution in [3.05, 3.63) is 24.3 Å². The minimum atomic E-state index is -0.482. The van der Waals surface area contributed by atoms with Gasteiger partial charge in [0.1, 0.15) is 11.5 Å². The number of hydrogen-bond acceptors (Lipinski definition) is 4. The number of piperazine rings is 1. The highest BCUT2D eigenvalue weighted by molar-refractivity contribution is 5.81. The van der Waals surface area contributed by atoms with Crippen molar-refractivity contribution in [2.75, 3.05) is 32.8 Å². The van der Waals surface area contributed by atoms with Gasteiger partial charge in [-0.15, -0.1) is 0 Å². The molecule has 1 N–H and O–H groups in total. The number of carbonyl (C=O) groups is 1. The molecule has 1 heterocycles. The van der Waals surface area contributed by atoms with Gasteiger partial charge in [-0.2, -0.15) is 0 Å². The van der Waals surface area contributed by atoms with Gasteiger partial charge in [-0.3, -0.25) is 4.79 Å². The van der Waals surface area contributed by atoms with E-state index in [0.717, 1.165) is 31.9 Å². The molecule has 5 heteroatoms. The maximum atomic E-state index is 12.3. The quantitative estimate of drug-likeness (QED) is 0.881. The number of rotatable bonds is 5. The van der Waals surface area contributed by atoms with Crippen LogP contribution in [0, 0.1) is 0 Å². The molecule has 110 valence electrons. The zero-order valence-corrected chi connectivity index (χ0v) is 12.1. The van der Waals surface area contributed by atoms with Crippen LogP contribution in [-0.2, 0) is 4.79 Å². The molecule has 5 nitrogen and oxygen atoms in total. The Bertz CT molecular complexity index is 444. The second kappa shape index (κ2) is 7.14. The summed E-state index contributed by atoms with van der Waals surface area (Å²) in [5.74, 6) is 1.45. The highest BCUT2D eigenvalue weighted by atomic mass is 16.5. The van der Waals surface area contributed by atoms with E-state index in [1.807, 2.05) is 36.1 Å². The number of amides is 1. The Labute approximate surface area is 119 Å². The van der Waals surface area contributed by atoms with Gasteiger partial charge in [0.15, 0.2) is 6.10 Å². The lowest BCUT2D eigenvalue weighted by molar-refractivity contribution is -0.138. The maximum Gasteiger partial charge on any atom is 0.263 e. The topological polar surface area (TPSA) is 50.8 Å². The molecule has 2 rings (SSSR count). The monoisotopic (exact) mass is 278 g/mol. The predicted octanol–water partition coefficient (Wildman–Crippen LogP) is 1.28. The van der Waals surface area contributed by atoms with Gasteiger partial charge in [-0.1, -0.05) is 6.07 Å². The molecule has 0 bridgehead atoms. The fraction of sp³-hybridized carbons (Fsp3) is 0.533. The van der Waals surface area contributed by atoms with E-state index in [1.165, 1.54) is 0 Å². The predicted molar refractivity (Wildman–Crippen MR) is 77.2 cm³/mol. The van der Waals surface area contributed by atoms with Crippen LogP contribution in [0.4, 0.5) is 0 Å². The van der Waals surface area contributed by atoms with Crippen molar-refractivity contribution in [2.45, 2.75) is 20.0 Å². The molecule has 1 amide bonds. The minimum absolute atomic E-state index is 0.0355. The number of carbonyl (C=O) groups excluding carboxylic acids is 1. The highest BCUT2D eigenvalue weighted by Gasteiger charge is 2.23. The van der Waals surface area contributed by atoms with Gasteiger partial charge >= 0.3 is 0 Å². The summed E-state index contributed by atoms with van der Waals surface area (Å²) < 4.78 is 11.1. The average molecular weight is 278 g/mol. The zero-order valence-electron chi connectivity index (χ0n) is 12.1. The van der Waals surface area contributed by atoms with Crippen LogP contribution in [0.1, 0.15) is 13.8 Å². The molecule has 0 spiro atoms. The van der Waals surface area contributed by atoms with Crippen molar-refractivity contribution in [3.63, 3.8) is 0 Å². The van der Waals surface area contributed by atoms with Crippen molar-refractivity contribution in [3.8, 4) is 11.5 Å². The third-order valence-electron chi connectivity index (χ3n) is 3.21. The molecule has 20 heavy (non-hydrogen) atoms. The van der Waals surface area contributed by atoms with Crippen molar-refractivity contribution in [1.29, 1.82) is 0 Å². The number of nitrogens with zero attached hydrogens (tertiary/aromatic N) is 1. The van der Waals surface area contributed by atoms with Gasteiger partial charge < -0.3 is 19.7 Å². The Hall–Kier alpha value is -1.75. The zero-order chi connectivity index (χ0) is 14.4. The normalized spacial score (nSPS) is 16.6. The van der Waals surface area contributed by atoms with Crippen LogP contribution in [0.25, 0.3) is 0 Å². The van der Waals surface area contributed by atoms with Crippen LogP contribution in [0.15, 0.2) is 24.3 Å². The van der Waals surface area contributed by atoms with Crippen LogP contribution in [-0.4, -0.2) is 49.7 Å². The summed E-state index contributed by atoms with van der Waals surface area (Å²) >= 11 is 0. The number of ether oxygens (including phenoxy) is 2. The molecule has 0 aromatic heterocycles. The van der Waals surface area contributed by atoms with Crippen molar-refractivity contribution in [2.24, 2.45) is 0 Å². The Kier molecular flexibility index (Phi) is 5.24. The van der Waals surface area contributed by atoms with Crippen molar-refractivity contribution >= 4 is 5.91 Å². The molecular weight excluding hydrogens is 256 g/mol. The Morgan fingerprint density at radius 2 is 2.05 bits per heavy atom. The molecule has 1 atom stereocenters. The largest absolute Gasteiger partial charge is 0.494 e. The first-order valence-corrected chi connectivity index (χ1v) is 7.09. The van der Waals surface area contributed by atoms with Gasteiger partial charge in [-0.25, -0.2) is 0 Å². The summed E-state index contributed by atoms with van der Waals surface area (Å²) in [4.78, 5) is 14.1. The smallest absolute Gasteiger partial charge is 0.263 e. The highest BCUT2D eigenvalue weighted by Crippen LogP contribution is 2.20. The summed E-state index contributed by atoms with van der Waals surface area (Å²) in [5, 5.41) is 3.23. The molecule has 1 aliphatic heterocycles. The van der Waals surface area contributed by atoms with E-state index in [-0.39, 0.29) is 5.91 Å². The van der Waals surface area contributed by atoms with E-state index >= 15 is 0 Å². The second-order valence-corrected chi connectivity index (χ2v) is 4.74. The van der Waals surface area contributed by atoms with Crippen LogP contribution >= 0.6 is 0 Å². The summed E-state index contributed by atoms with van der Waals surface area (Å²) in [6.45, 7) is 7.51. The third kappa shape index (κ3) is 3.87. The molecule has 0 radical (unpaired) electrons. The van der Waals surface area contributed by atoms with E-state index < -0.39 is 6.10 Å². The van der Waals surface area contributed by atoms with E-state index in [1.54, 1.807) is 6.92 Å². The first-order valence-electron chi connectivity index (χ1n) is 7.09. The van der Waals surface area contributed by atoms with Gasteiger partial charge in [0.25, 0.3) is 5.91 Å². The van der Waals surface area contributed by atoms with Crippen LogP contribution in [0.2, 0.25) is 0 Å². The lowest BCUT2D eigenvalue weighted by Crippen LogP contribution is -2.50.